The van der Waals surface area contributed by atoms with E-state index in [2.05, 4.69) is 20.3 Å². The van der Waals surface area contributed by atoms with Crippen molar-refractivity contribution in [2.24, 2.45) is 0 Å². The second-order valence-corrected chi connectivity index (χ2v) is 9.90. The van der Waals surface area contributed by atoms with Crippen molar-refractivity contribution in [2.45, 2.75) is 39.2 Å². The van der Waals surface area contributed by atoms with E-state index >= 15 is 0 Å². The Morgan fingerprint density at radius 1 is 1.12 bits per heavy atom. The Morgan fingerprint density at radius 2 is 1.91 bits per heavy atom. The number of hydrogen-bond donors (Lipinski definition) is 2. The van der Waals surface area contributed by atoms with Crippen molar-refractivity contribution in [1.82, 2.24) is 25.2 Å². The fourth-order valence-corrected chi connectivity index (χ4v) is 4.77. The van der Waals surface area contributed by atoms with Gasteiger partial charge in [0, 0.05) is 48.4 Å². The lowest BCUT2D eigenvalue weighted by molar-refractivity contribution is -0.142. The molecule has 4 heterocycles. The number of aromatic amines is 1. The molecule has 2 N–H and O–H groups in total. The van der Waals surface area contributed by atoms with Gasteiger partial charge in [0.1, 0.15) is 11.5 Å². The third kappa shape index (κ3) is 7.68. The smallest absolute Gasteiger partial charge is 0.335 e. The molecule has 0 aliphatic carbocycles. The van der Waals surface area contributed by atoms with Crippen LogP contribution in [-0.2, 0) is 25.9 Å². The molecule has 1 aliphatic rings. The molecule has 1 fully saturated rings. The Labute approximate surface area is 251 Å². The summed E-state index contributed by atoms with van der Waals surface area (Å²) in [6.45, 7) is 4.15. The van der Waals surface area contributed by atoms with Gasteiger partial charge >= 0.3 is 17.5 Å². The number of benzene rings is 1. The number of rotatable bonds is 9. The van der Waals surface area contributed by atoms with Crippen LogP contribution in [0.25, 0.3) is 22.3 Å². The second-order valence-electron chi connectivity index (χ2n) is 9.77. The molecule has 5 rings (SSSR count). The van der Waals surface area contributed by atoms with Gasteiger partial charge in [-0.05, 0) is 62.7 Å². The second kappa shape index (κ2) is 14.3. The van der Waals surface area contributed by atoms with Crippen molar-refractivity contribution in [3.05, 3.63) is 71.7 Å². The van der Waals surface area contributed by atoms with Crippen molar-refractivity contribution >= 4 is 40.3 Å². The molecule has 0 saturated carbocycles. The summed E-state index contributed by atoms with van der Waals surface area (Å²) in [6, 6.07) is 13.1. The molecular formula is C30H31N5O7S. The average molecular weight is 606 g/mol. The van der Waals surface area contributed by atoms with Crippen LogP contribution in [0.3, 0.4) is 0 Å². The average Bonchev–Trinajstić information content (AvgIpc) is 3.56. The van der Waals surface area contributed by atoms with Gasteiger partial charge in [-0.3, -0.25) is 24.4 Å². The maximum absolute atomic E-state index is 12.4. The number of carbonyl (C=O) groups excluding carboxylic acids is 3. The van der Waals surface area contributed by atoms with Crippen LogP contribution in [0.15, 0.2) is 54.9 Å². The first-order valence-corrected chi connectivity index (χ1v) is 14.3. The van der Waals surface area contributed by atoms with E-state index in [1.165, 1.54) is 6.20 Å². The Kier molecular flexibility index (Phi) is 10.3. The third-order valence-electron chi connectivity index (χ3n) is 6.94. The Balaban J connectivity index is 0.00000135. The summed E-state index contributed by atoms with van der Waals surface area (Å²) in [4.78, 5) is 50.2. The minimum Gasteiger partial charge on any atom is -0.466 e. The Morgan fingerprint density at radius 3 is 2.53 bits per heavy atom. The van der Waals surface area contributed by atoms with Gasteiger partial charge in [-0.2, -0.15) is 8.42 Å². The molecule has 43 heavy (non-hydrogen) atoms. The quantitative estimate of drug-likeness (QED) is 0.268. The molecule has 12 nitrogen and oxygen atoms in total. The topological polar surface area (TPSA) is 161 Å². The van der Waals surface area contributed by atoms with Gasteiger partial charge in [0.15, 0.2) is 0 Å². The number of aryl methyl sites for hydroxylation is 1. The van der Waals surface area contributed by atoms with Crippen LogP contribution in [0, 0.1) is 6.92 Å². The number of aromatic nitrogens is 3. The summed E-state index contributed by atoms with van der Waals surface area (Å²) < 4.78 is 27.7. The molecule has 2 amide bonds. The molecule has 13 heteroatoms. The maximum Gasteiger partial charge on any atom is 0.335 e. The fourth-order valence-electron chi connectivity index (χ4n) is 4.77. The normalized spacial score (nSPS) is 14.2. The highest BCUT2D eigenvalue weighted by atomic mass is 32.1. The molecule has 0 spiro atoms. The highest BCUT2D eigenvalue weighted by molar-refractivity contribution is 7.51. The van der Waals surface area contributed by atoms with E-state index in [0.29, 0.717) is 42.2 Å². The van der Waals surface area contributed by atoms with E-state index in [0.717, 1.165) is 27.9 Å². The molecule has 1 unspecified atom stereocenters. The summed E-state index contributed by atoms with van der Waals surface area (Å²) in [5.41, 5.74) is 4.53. The van der Waals surface area contributed by atoms with E-state index in [9.17, 15) is 14.4 Å². The van der Waals surface area contributed by atoms with Gasteiger partial charge in [-0.1, -0.05) is 0 Å². The number of esters is 1. The van der Waals surface area contributed by atoms with Crippen LogP contribution in [0.4, 0.5) is 0 Å². The van der Waals surface area contributed by atoms with Gasteiger partial charge in [0.2, 0.25) is 5.91 Å². The van der Waals surface area contributed by atoms with Gasteiger partial charge < -0.3 is 24.7 Å². The van der Waals surface area contributed by atoms with Crippen molar-refractivity contribution in [3.63, 3.8) is 0 Å². The summed E-state index contributed by atoms with van der Waals surface area (Å²) in [5.74, 6) is 0.722. The summed E-state index contributed by atoms with van der Waals surface area (Å²) in [5, 5.41) is 3.62. The van der Waals surface area contributed by atoms with Crippen LogP contribution in [-0.4, -0.2) is 66.3 Å². The number of pyridine rings is 2. The van der Waals surface area contributed by atoms with Gasteiger partial charge in [-0.25, -0.2) is 0 Å². The number of fused-ring (bicyclic) bond motifs is 1. The maximum atomic E-state index is 12.4. The van der Waals surface area contributed by atoms with Gasteiger partial charge in [-0.15, -0.1) is 0 Å². The number of nitrogens with zero attached hydrogens (tertiary/aromatic N) is 3. The highest BCUT2D eigenvalue weighted by Crippen LogP contribution is 2.41. The molecule has 0 radical (unpaired) electrons. The largest absolute Gasteiger partial charge is 0.466 e. The number of amides is 2. The van der Waals surface area contributed by atoms with Crippen LogP contribution in [0.1, 0.15) is 53.8 Å². The molecule has 3 aromatic heterocycles. The zero-order chi connectivity index (χ0) is 30.9. The number of nitrogens with one attached hydrogen (secondary N) is 2. The number of ether oxygens (including phenoxy) is 2. The lowest BCUT2D eigenvalue weighted by Crippen LogP contribution is -2.26. The van der Waals surface area contributed by atoms with E-state index < -0.39 is 11.6 Å². The zero-order valence-electron chi connectivity index (χ0n) is 23.9. The number of likely N-dealkylation sites (tertiary alicyclic amines) is 1. The molecule has 0 bridgehead atoms. The molecule has 4 aromatic rings. The molecule has 1 saturated heterocycles. The molecular weight excluding hydrogens is 574 g/mol. The number of carbonyl (C=O) groups is 3. The Bertz CT molecular complexity index is 1650. The SMILES string of the molecule is CCOC(=O)CCNC(=O)c1ccc(-c2cc3cc(Oc4ccc(C)nc4)c(C4CCC(=O)N4C)cc3[nH]2)nc1.O=S=O. The van der Waals surface area contributed by atoms with E-state index in [1.54, 1.807) is 30.2 Å². The van der Waals surface area contributed by atoms with E-state index in [1.807, 2.05) is 44.3 Å². The lowest BCUT2D eigenvalue weighted by atomic mass is 10.0. The highest BCUT2D eigenvalue weighted by Gasteiger charge is 2.31. The first kappa shape index (κ1) is 31.0. The lowest BCUT2D eigenvalue weighted by Gasteiger charge is -2.23. The summed E-state index contributed by atoms with van der Waals surface area (Å²) in [6.07, 6.45) is 4.51. The van der Waals surface area contributed by atoms with Crippen molar-refractivity contribution in [3.8, 4) is 22.9 Å². The van der Waals surface area contributed by atoms with Crippen molar-refractivity contribution in [1.29, 1.82) is 0 Å². The first-order valence-electron chi connectivity index (χ1n) is 13.6. The number of hydrogen-bond acceptors (Lipinski definition) is 9. The Hall–Kier alpha value is -4.91. The molecule has 1 atom stereocenters. The number of H-pyrrole nitrogens is 1. The van der Waals surface area contributed by atoms with Crippen LogP contribution in [0.2, 0.25) is 0 Å². The van der Waals surface area contributed by atoms with E-state index in [4.69, 9.17) is 17.9 Å². The minimum absolute atomic E-state index is 0.100. The van der Waals surface area contributed by atoms with Gasteiger partial charge in [0.25, 0.3) is 5.91 Å². The van der Waals surface area contributed by atoms with Crippen LogP contribution >= 0.6 is 0 Å². The van der Waals surface area contributed by atoms with Crippen LogP contribution < -0.4 is 10.1 Å². The van der Waals surface area contributed by atoms with Crippen molar-refractivity contribution in [2.75, 3.05) is 20.2 Å². The zero-order valence-corrected chi connectivity index (χ0v) is 24.7. The molecule has 1 aliphatic heterocycles. The van der Waals surface area contributed by atoms with E-state index in [-0.39, 0.29) is 36.8 Å². The predicted octanol–water partition coefficient (Wildman–Crippen LogP) is 4.03. The monoisotopic (exact) mass is 605 g/mol. The van der Waals surface area contributed by atoms with Gasteiger partial charge in [0.05, 0.1) is 42.2 Å². The predicted molar refractivity (Wildman–Crippen MR) is 158 cm³/mol. The molecule has 1 aromatic carbocycles. The van der Waals surface area contributed by atoms with Crippen LogP contribution in [0.5, 0.6) is 11.5 Å². The fraction of sp³-hybridized carbons (Fsp3) is 0.300. The third-order valence-corrected chi connectivity index (χ3v) is 6.94. The minimum atomic E-state index is -0.750. The van der Waals surface area contributed by atoms with Crippen molar-refractivity contribution < 1.29 is 32.3 Å². The molecule has 224 valence electrons. The first-order chi connectivity index (χ1) is 20.7. The standard InChI is InChI=1S/C30H31N5O5.O2S/c1-4-39-29(37)11-12-31-30(38)19-6-8-23(33-16-19)25-13-20-14-27(40-21-7-5-18(2)32-17-21)22(15-24(20)34-25)26-9-10-28(36)35(26)3;1-3-2/h5-8,13-17,26,34H,4,9-12H2,1-3H3,(H,31,38);. The summed E-state index contributed by atoms with van der Waals surface area (Å²) >= 11 is -0.750. The summed E-state index contributed by atoms with van der Waals surface area (Å²) in [7, 11) is 1.82.